The van der Waals surface area contributed by atoms with Crippen LogP contribution in [0.2, 0.25) is 0 Å². The molecule has 0 aliphatic heterocycles. The van der Waals surface area contributed by atoms with Crippen molar-refractivity contribution < 1.29 is 9.63 Å². The topological polar surface area (TPSA) is 87.3 Å². The lowest BCUT2D eigenvalue weighted by molar-refractivity contribution is 0.0503. The van der Waals surface area contributed by atoms with Crippen LogP contribution in [-0.4, -0.2) is 5.97 Å². The number of benzene rings is 1. The van der Waals surface area contributed by atoms with Crippen molar-refractivity contribution in [3.05, 3.63) is 35.4 Å². The molecule has 0 saturated heterocycles. The highest BCUT2D eigenvalue weighted by Gasteiger charge is 2.04. The molecule has 1 rings (SSSR count). The van der Waals surface area contributed by atoms with Crippen LogP contribution in [0, 0.1) is 0 Å². The van der Waals surface area contributed by atoms with Gasteiger partial charge in [-0.2, -0.15) is 5.90 Å². The fraction of sp³-hybridized carbons (Fsp3) is 0.364. The minimum Gasteiger partial charge on any atom is -0.370 e. The summed E-state index contributed by atoms with van der Waals surface area (Å²) in [6, 6.07) is 7.34. The summed E-state index contributed by atoms with van der Waals surface area (Å²) in [5.41, 5.74) is 1.73. The van der Waals surface area contributed by atoms with Gasteiger partial charge in [0.15, 0.2) is 0 Å². The maximum atomic E-state index is 11.0. The molecular weight excluding hydrogens is 192 g/mol. The predicted octanol–water partition coefficient (Wildman–Crippen LogP) is 2.22. The van der Waals surface area contributed by atoms with Crippen LogP contribution in [0.4, 0.5) is 0 Å². The molecule has 0 atom stereocenters. The van der Waals surface area contributed by atoms with Crippen LogP contribution in [0.5, 0.6) is 0 Å². The lowest BCUT2D eigenvalue weighted by Crippen LogP contribution is -2.09. The van der Waals surface area contributed by atoms with Crippen molar-refractivity contribution >= 4 is 5.97 Å². The molecule has 0 aliphatic carbocycles. The van der Waals surface area contributed by atoms with Crippen LogP contribution in [0.3, 0.4) is 0 Å². The zero-order valence-electron chi connectivity index (χ0n) is 9.03. The van der Waals surface area contributed by atoms with E-state index >= 15 is 0 Å². The van der Waals surface area contributed by atoms with Gasteiger partial charge >= 0.3 is 5.97 Å². The largest absolute Gasteiger partial charge is 0.370 e. The normalized spacial score (nSPS) is 9.20. The van der Waals surface area contributed by atoms with E-state index in [9.17, 15) is 4.79 Å². The van der Waals surface area contributed by atoms with Crippen molar-refractivity contribution in [2.45, 2.75) is 26.2 Å². The van der Waals surface area contributed by atoms with Crippen molar-refractivity contribution in [2.24, 2.45) is 5.90 Å². The predicted molar refractivity (Wildman–Crippen MR) is 59.7 cm³/mol. The van der Waals surface area contributed by atoms with Crippen LogP contribution in [-0.2, 0) is 11.3 Å². The second-order valence-electron chi connectivity index (χ2n) is 3.21. The van der Waals surface area contributed by atoms with Crippen LogP contribution >= 0.6 is 0 Å². The average Bonchev–Trinajstić information content (AvgIpc) is 2.26. The molecule has 0 amide bonds. The Balaban J connectivity index is 0.00000196. The van der Waals surface area contributed by atoms with Gasteiger partial charge in [0.25, 0.3) is 0 Å². The van der Waals surface area contributed by atoms with E-state index in [1.165, 1.54) is 18.4 Å². The Morgan fingerprint density at radius 1 is 1.33 bits per heavy atom. The summed E-state index contributed by atoms with van der Waals surface area (Å²) in [4.78, 5) is 15.1. The maximum absolute atomic E-state index is 11.0. The van der Waals surface area contributed by atoms with Crippen LogP contribution < -0.4 is 12.0 Å². The van der Waals surface area contributed by atoms with E-state index in [4.69, 9.17) is 5.90 Å². The van der Waals surface area contributed by atoms with Gasteiger partial charge in [0, 0.05) is 0 Å². The van der Waals surface area contributed by atoms with Gasteiger partial charge in [-0.1, -0.05) is 25.5 Å². The lowest BCUT2D eigenvalue weighted by atomic mass is 10.1. The first-order valence-corrected chi connectivity index (χ1v) is 4.78. The molecule has 1 aromatic carbocycles. The first kappa shape index (κ1) is 13.6. The second kappa shape index (κ2) is 6.98. The number of hydrogen-bond donors (Lipinski definition) is 2. The fourth-order valence-electron chi connectivity index (χ4n) is 1.26. The fourth-order valence-corrected chi connectivity index (χ4v) is 1.26. The molecule has 84 valence electrons. The van der Waals surface area contributed by atoms with Crippen molar-refractivity contribution in [3.8, 4) is 0 Å². The van der Waals surface area contributed by atoms with Gasteiger partial charge in [0.05, 0.1) is 5.56 Å². The molecule has 0 radical (unpaired) electrons. The van der Waals surface area contributed by atoms with E-state index in [0.717, 1.165) is 6.42 Å². The molecule has 0 spiro atoms. The molecule has 1 aromatic rings. The van der Waals surface area contributed by atoms with Crippen molar-refractivity contribution in [2.75, 3.05) is 0 Å². The summed E-state index contributed by atoms with van der Waals surface area (Å²) in [5.74, 6) is 4.28. The third-order valence-corrected chi connectivity index (χ3v) is 2.12. The highest BCUT2D eigenvalue weighted by Crippen LogP contribution is 2.08. The lowest BCUT2D eigenvalue weighted by Gasteiger charge is -2.01. The van der Waals surface area contributed by atoms with Gasteiger partial charge in [0.2, 0.25) is 0 Å². The standard InChI is InChI=1S/C11H15NO2.H3N/c1-2-3-4-9-5-7-10(8-6-9)11(13)14-12;/h5-8H,2-4,12H2,1H3;1H3. The number of carbonyl (C=O) groups excluding carboxylic acids is 1. The zero-order chi connectivity index (χ0) is 10.4. The molecule has 4 nitrogen and oxygen atoms in total. The third kappa shape index (κ3) is 4.10. The van der Waals surface area contributed by atoms with Gasteiger partial charge in [-0.25, -0.2) is 4.79 Å². The first-order valence-electron chi connectivity index (χ1n) is 4.78. The monoisotopic (exact) mass is 210 g/mol. The Labute approximate surface area is 90.0 Å². The third-order valence-electron chi connectivity index (χ3n) is 2.12. The molecule has 0 saturated carbocycles. The minimum atomic E-state index is -0.493. The Morgan fingerprint density at radius 3 is 2.40 bits per heavy atom. The molecule has 0 bridgehead atoms. The van der Waals surface area contributed by atoms with Crippen LogP contribution in [0.1, 0.15) is 35.7 Å². The Bertz CT molecular complexity index is 296. The molecule has 0 aromatic heterocycles. The number of hydrogen-bond acceptors (Lipinski definition) is 4. The molecule has 5 N–H and O–H groups in total. The number of carbonyl (C=O) groups is 1. The summed E-state index contributed by atoms with van der Waals surface area (Å²) in [5, 5.41) is 0. The van der Waals surface area contributed by atoms with E-state index in [-0.39, 0.29) is 6.15 Å². The van der Waals surface area contributed by atoms with Gasteiger partial charge in [-0.05, 0) is 30.5 Å². The smallest absolute Gasteiger partial charge is 0.356 e. The highest BCUT2D eigenvalue weighted by atomic mass is 16.7. The van der Waals surface area contributed by atoms with Gasteiger partial charge in [-0.15, -0.1) is 0 Å². The second-order valence-corrected chi connectivity index (χ2v) is 3.21. The number of unbranched alkanes of at least 4 members (excludes halogenated alkanes) is 1. The average molecular weight is 210 g/mol. The quantitative estimate of drug-likeness (QED) is 0.746. The van der Waals surface area contributed by atoms with Crippen molar-refractivity contribution in [3.63, 3.8) is 0 Å². The number of aryl methyl sites for hydroxylation is 1. The first-order chi connectivity index (χ1) is 6.77. The Hall–Kier alpha value is -1.39. The van der Waals surface area contributed by atoms with E-state index in [2.05, 4.69) is 11.8 Å². The highest BCUT2D eigenvalue weighted by molar-refractivity contribution is 5.89. The molecule has 15 heavy (non-hydrogen) atoms. The summed E-state index contributed by atoms with van der Waals surface area (Å²) in [6.07, 6.45) is 3.39. The van der Waals surface area contributed by atoms with E-state index in [1.54, 1.807) is 12.1 Å². The van der Waals surface area contributed by atoms with Crippen molar-refractivity contribution in [1.82, 2.24) is 6.15 Å². The van der Waals surface area contributed by atoms with Gasteiger partial charge < -0.3 is 11.0 Å². The van der Waals surface area contributed by atoms with Crippen LogP contribution in [0.15, 0.2) is 24.3 Å². The molecule has 0 unspecified atom stereocenters. The summed E-state index contributed by atoms with van der Waals surface area (Å²) < 4.78 is 0. The molecule has 0 aliphatic rings. The van der Waals surface area contributed by atoms with E-state index in [0.29, 0.717) is 5.56 Å². The minimum absolute atomic E-state index is 0. The summed E-state index contributed by atoms with van der Waals surface area (Å²) in [7, 11) is 0. The summed E-state index contributed by atoms with van der Waals surface area (Å²) >= 11 is 0. The summed E-state index contributed by atoms with van der Waals surface area (Å²) in [6.45, 7) is 2.15. The van der Waals surface area contributed by atoms with Gasteiger partial charge in [-0.3, -0.25) is 0 Å². The molecular formula is C11H18N2O2. The van der Waals surface area contributed by atoms with Crippen LogP contribution in [0.25, 0.3) is 0 Å². The molecule has 4 heteroatoms. The Kier molecular flexibility index (Phi) is 6.33. The zero-order valence-corrected chi connectivity index (χ0v) is 9.03. The van der Waals surface area contributed by atoms with Gasteiger partial charge in [0.1, 0.15) is 0 Å². The number of nitrogens with two attached hydrogens (primary N) is 1. The maximum Gasteiger partial charge on any atom is 0.356 e. The molecule has 0 heterocycles. The van der Waals surface area contributed by atoms with E-state index < -0.39 is 5.97 Å². The van der Waals surface area contributed by atoms with Crippen molar-refractivity contribution in [1.29, 1.82) is 0 Å². The number of rotatable bonds is 4. The molecule has 0 fully saturated rings. The Morgan fingerprint density at radius 2 is 1.93 bits per heavy atom. The van der Waals surface area contributed by atoms with E-state index in [1.807, 2.05) is 12.1 Å². The SMILES string of the molecule is CCCCc1ccc(C(=O)ON)cc1.N.